The lowest BCUT2D eigenvalue weighted by atomic mass is 10.1. The standard InChI is InChI=1S/C20H22N4O3S/c1-12-7-13(2)24(23-12)14(3)8-18(25)21-10-15-5-4-6-16(9-15)19-22-17(11-28-19)20(26)27/h4-7,9,11,14H,8,10H2,1-3H3,(H,21,25)(H,26,27). The molecule has 0 aliphatic rings. The molecule has 2 heterocycles. The zero-order valence-corrected chi connectivity index (χ0v) is 16.8. The third-order valence-electron chi connectivity index (χ3n) is 4.33. The molecule has 2 N–H and O–H groups in total. The first kappa shape index (κ1) is 19.8. The number of amides is 1. The fraction of sp³-hybridized carbons (Fsp3) is 0.300. The third-order valence-corrected chi connectivity index (χ3v) is 5.22. The SMILES string of the molecule is Cc1cc(C)n(C(C)CC(=O)NCc2cccc(-c3nc(C(=O)O)cs3)c2)n1. The molecule has 0 fully saturated rings. The third kappa shape index (κ3) is 4.64. The van der Waals surface area contributed by atoms with Gasteiger partial charge in [0.15, 0.2) is 5.69 Å². The number of carbonyl (C=O) groups is 2. The Bertz CT molecular complexity index is 1010. The summed E-state index contributed by atoms with van der Waals surface area (Å²) in [6.45, 7) is 6.29. The zero-order valence-electron chi connectivity index (χ0n) is 16.0. The molecule has 0 radical (unpaired) electrons. The molecule has 1 atom stereocenters. The second-order valence-corrected chi connectivity index (χ2v) is 7.60. The number of rotatable bonds is 7. The van der Waals surface area contributed by atoms with E-state index in [9.17, 15) is 9.59 Å². The number of carboxylic acids is 1. The molecule has 28 heavy (non-hydrogen) atoms. The molecular formula is C20H22N4O3S. The lowest BCUT2D eigenvalue weighted by Gasteiger charge is -2.14. The maximum atomic E-state index is 12.3. The Balaban J connectivity index is 1.60. The average Bonchev–Trinajstić information content (AvgIpc) is 3.27. The van der Waals surface area contributed by atoms with E-state index in [1.807, 2.05) is 55.8 Å². The molecule has 1 amide bonds. The summed E-state index contributed by atoms with van der Waals surface area (Å²) in [5, 5.41) is 18.5. The molecular weight excluding hydrogens is 376 g/mol. The number of carbonyl (C=O) groups excluding carboxylic acids is 1. The highest BCUT2D eigenvalue weighted by atomic mass is 32.1. The summed E-state index contributed by atoms with van der Waals surface area (Å²) in [4.78, 5) is 27.4. The van der Waals surface area contributed by atoms with Gasteiger partial charge in [0.05, 0.1) is 11.7 Å². The summed E-state index contributed by atoms with van der Waals surface area (Å²) in [6, 6.07) is 9.55. The van der Waals surface area contributed by atoms with Crippen LogP contribution in [0.25, 0.3) is 10.6 Å². The van der Waals surface area contributed by atoms with E-state index in [1.54, 1.807) is 0 Å². The minimum Gasteiger partial charge on any atom is -0.476 e. The van der Waals surface area contributed by atoms with Gasteiger partial charge in [0, 0.05) is 29.6 Å². The first-order chi connectivity index (χ1) is 13.3. The number of benzene rings is 1. The molecule has 0 aliphatic heterocycles. The van der Waals surface area contributed by atoms with Gasteiger partial charge in [-0.05, 0) is 38.5 Å². The van der Waals surface area contributed by atoms with Crippen LogP contribution < -0.4 is 5.32 Å². The molecule has 2 aromatic heterocycles. The molecule has 3 rings (SSSR count). The predicted octanol–water partition coefficient (Wildman–Crippen LogP) is 3.59. The van der Waals surface area contributed by atoms with Gasteiger partial charge in [-0.2, -0.15) is 5.10 Å². The predicted molar refractivity (Wildman–Crippen MR) is 107 cm³/mol. The van der Waals surface area contributed by atoms with E-state index in [4.69, 9.17) is 5.11 Å². The van der Waals surface area contributed by atoms with E-state index in [-0.39, 0.29) is 17.6 Å². The van der Waals surface area contributed by atoms with Crippen molar-refractivity contribution in [2.45, 2.75) is 39.8 Å². The van der Waals surface area contributed by atoms with Crippen molar-refractivity contribution in [3.8, 4) is 10.6 Å². The number of aromatic nitrogens is 3. The highest BCUT2D eigenvalue weighted by molar-refractivity contribution is 7.13. The summed E-state index contributed by atoms with van der Waals surface area (Å²) in [5.74, 6) is -1.09. The highest BCUT2D eigenvalue weighted by Crippen LogP contribution is 2.24. The molecule has 7 nitrogen and oxygen atoms in total. The smallest absolute Gasteiger partial charge is 0.355 e. The van der Waals surface area contributed by atoms with E-state index in [1.165, 1.54) is 16.7 Å². The molecule has 1 aromatic carbocycles. The molecule has 8 heteroatoms. The molecule has 0 bridgehead atoms. The van der Waals surface area contributed by atoms with E-state index < -0.39 is 5.97 Å². The maximum Gasteiger partial charge on any atom is 0.355 e. The molecule has 0 spiro atoms. The molecule has 1 unspecified atom stereocenters. The quantitative estimate of drug-likeness (QED) is 0.634. The van der Waals surface area contributed by atoms with Gasteiger partial charge in [-0.15, -0.1) is 11.3 Å². The molecule has 146 valence electrons. The Hall–Kier alpha value is -3.00. The summed E-state index contributed by atoms with van der Waals surface area (Å²) in [5.41, 5.74) is 3.78. The van der Waals surface area contributed by atoms with Crippen molar-refractivity contribution in [1.29, 1.82) is 0 Å². The molecule has 0 aliphatic carbocycles. The van der Waals surface area contributed by atoms with Crippen LogP contribution in [0, 0.1) is 13.8 Å². The largest absolute Gasteiger partial charge is 0.476 e. The molecule has 0 saturated carbocycles. The first-order valence-electron chi connectivity index (χ1n) is 8.91. The van der Waals surface area contributed by atoms with Crippen molar-refractivity contribution in [1.82, 2.24) is 20.1 Å². The number of nitrogens with zero attached hydrogens (tertiary/aromatic N) is 3. The lowest BCUT2D eigenvalue weighted by molar-refractivity contribution is -0.122. The van der Waals surface area contributed by atoms with Crippen LogP contribution in [0.1, 0.15) is 46.8 Å². The number of aryl methyl sites for hydroxylation is 2. The van der Waals surface area contributed by atoms with Crippen LogP contribution in [0.5, 0.6) is 0 Å². The second kappa shape index (κ2) is 8.35. The summed E-state index contributed by atoms with van der Waals surface area (Å²) >= 11 is 1.28. The monoisotopic (exact) mass is 398 g/mol. The Morgan fingerprint density at radius 3 is 2.71 bits per heavy atom. The van der Waals surface area contributed by atoms with Crippen LogP contribution in [0.4, 0.5) is 0 Å². The minimum absolute atomic E-state index is 0.0233. The number of hydrogen-bond donors (Lipinski definition) is 2. The van der Waals surface area contributed by atoms with E-state index in [0.29, 0.717) is 18.0 Å². The van der Waals surface area contributed by atoms with E-state index in [2.05, 4.69) is 15.4 Å². The van der Waals surface area contributed by atoms with E-state index >= 15 is 0 Å². The lowest BCUT2D eigenvalue weighted by Crippen LogP contribution is -2.26. The van der Waals surface area contributed by atoms with E-state index in [0.717, 1.165) is 22.5 Å². The number of aromatic carboxylic acids is 1. The van der Waals surface area contributed by atoms with Crippen LogP contribution in [-0.2, 0) is 11.3 Å². The fourth-order valence-electron chi connectivity index (χ4n) is 3.04. The van der Waals surface area contributed by atoms with Gasteiger partial charge in [-0.3, -0.25) is 9.48 Å². The van der Waals surface area contributed by atoms with Gasteiger partial charge in [-0.25, -0.2) is 9.78 Å². The van der Waals surface area contributed by atoms with Crippen LogP contribution in [0.2, 0.25) is 0 Å². The Kier molecular flexibility index (Phi) is 5.89. The van der Waals surface area contributed by atoms with Crippen molar-refractivity contribution in [2.75, 3.05) is 0 Å². The van der Waals surface area contributed by atoms with Gasteiger partial charge in [0.25, 0.3) is 0 Å². The second-order valence-electron chi connectivity index (χ2n) is 6.74. The van der Waals surface area contributed by atoms with Crippen molar-refractivity contribution in [2.24, 2.45) is 0 Å². The van der Waals surface area contributed by atoms with Crippen molar-refractivity contribution in [3.05, 3.63) is 58.4 Å². The van der Waals surface area contributed by atoms with Crippen LogP contribution in [0.15, 0.2) is 35.7 Å². The minimum atomic E-state index is -1.04. The summed E-state index contributed by atoms with van der Waals surface area (Å²) < 4.78 is 1.87. The summed E-state index contributed by atoms with van der Waals surface area (Å²) in [6.07, 6.45) is 0.343. The van der Waals surface area contributed by atoms with Gasteiger partial charge in [-0.1, -0.05) is 18.2 Å². The maximum absolute atomic E-state index is 12.3. The zero-order chi connectivity index (χ0) is 20.3. The fourth-order valence-corrected chi connectivity index (χ4v) is 3.83. The van der Waals surface area contributed by atoms with Crippen molar-refractivity contribution >= 4 is 23.2 Å². The van der Waals surface area contributed by atoms with Gasteiger partial charge in [0.1, 0.15) is 5.01 Å². The molecule has 3 aromatic rings. The average molecular weight is 398 g/mol. The van der Waals surface area contributed by atoms with Gasteiger partial charge in [0.2, 0.25) is 5.91 Å². The van der Waals surface area contributed by atoms with Crippen molar-refractivity contribution in [3.63, 3.8) is 0 Å². The Labute approximate surface area is 167 Å². The number of carboxylic acid groups (broad SMARTS) is 1. The Morgan fingerprint density at radius 2 is 2.07 bits per heavy atom. The topological polar surface area (TPSA) is 97.1 Å². The Morgan fingerprint density at radius 1 is 1.29 bits per heavy atom. The van der Waals surface area contributed by atoms with Crippen LogP contribution in [0.3, 0.4) is 0 Å². The number of nitrogens with one attached hydrogen (secondary N) is 1. The van der Waals surface area contributed by atoms with Crippen LogP contribution >= 0.6 is 11.3 Å². The number of hydrogen-bond acceptors (Lipinski definition) is 5. The summed E-state index contributed by atoms with van der Waals surface area (Å²) in [7, 11) is 0. The van der Waals surface area contributed by atoms with Crippen molar-refractivity contribution < 1.29 is 14.7 Å². The van der Waals surface area contributed by atoms with Gasteiger partial charge < -0.3 is 10.4 Å². The molecule has 0 saturated heterocycles. The normalized spacial score (nSPS) is 12.0. The van der Waals surface area contributed by atoms with Gasteiger partial charge >= 0.3 is 5.97 Å². The highest BCUT2D eigenvalue weighted by Gasteiger charge is 2.14. The van der Waals surface area contributed by atoms with Crippen LogP contribution in [-0.4, -0.2) is 31.7 Å². The number of thiazole rings is 1. The first-order valence-corrected chi connectivity index (χ1v) is 9.79.